The third-order valence-electron chi connectivity index (χ3n) is 3.48. The summed E-state index contributed by atoms with van der Waals surface area (Å²) < 4.78 is 0. The average molecular weight is 306 g/mol. The van der Waals surface area contributed by atoms with Crippen molar-refractivity contribution in [2.24, 2.45) is 0 Å². The Kier molecular flexibility index (Phi) is 3.25. The second-order valence-electron chi connectivity index (χ2n) is 4.73. The van der Waals surface area contributed by atoms with Crippen LogP contribution in [0, 0.1) is 6.92 Å². The zero-order chi connectivity index (χ0) is 16.9. The summed E-state index contributed by atoms with van der Waals surface area (Å²) in [4.78, 5) is 47.1. The molecule has 0 atom stereocenters. The van der Waals surface area contributed by atoms with Crippen molar-refractivity contribution in [3.8, 4) is 23.0 Å². The molecule has 8 nitrogen and oxygen atoms in total. The Bertz CT molecular complexity index is 728. The first-order valence-electron chi connectivity index (χ1n) is 5.93. The maximum atomic E-state index is 11.9. The highest BCUT2D eigenvalue weighted by molar-refractivity contribution is 6.69. The lowest BCUT2D eigenvalue weighted by molar-refractivity contribution is -0.146. The highest BCUT2D eigenvalue weighted by Crippen LogP contribution is 2.50. The lowest BCUT2D eigenvalue weighted by Gasteiger charge is -2.22. The molecule has 0 spiro atoms. The number of carbonyl (C=O) groups excluding carboxylic acids is 4. The molecule has 22 heavy (non-hydrogen) atoms. The molecule has 2 rings (SSSR count). The van der Waals surface area contributed by atoms with Crippen LogP contribution in [0.4, 0.5) is 0 Å². The van der Waals surface area contributed by atoms with Crippen LogP contribution in [0.15, 0.2) is 12.2 Å². The first-order chi connectivity index (χ1) is 10.1. The summed E-state index contributed by atoms with van der Waals surface area (Å²) in [5.74, 6) is -11.6. The van der Waals surface area contributed by atoms with Crippen LogP contribution in [0.2, 0.25) is 0 Å². The number of hydrogen-bond acceptors (Lipinski definition) is 8. The Balaban J connectivity index is 2.79. The largest absolute Gasteiger partial charge is 0.504 e. The molecular formula is C14H10O8. The number of ketones is 4. The van der Waals surface area contributed by atoms with E-state index in [1.165, 1.54) is 0 Å². The minimum Gasteiger partial charge on any atom is -0.504 e. The molecule has 0 saturated heterocycles. The van der Waals surface area contributed by atoms with Gasteiger partial charge in [-0.3, -0.25) is 19.2 Å². The fourth-order valence-corrected chi connectivity index (χ4v) is 2.15. The maximum Gasteiger partial charge on any atom is 0.233 e. The first-order valence-corrected chi connectivity index (χ1v) is 5.93. The molecule has 1 saturated carbocycles. The van der Waals surface area contributed by atoms with E-state index in [0.717, 1.165) is 6.92 Å². The van der Waals surface area contributed by atoms with E-state index < -0.39 is 63.2 Å². The molecule has 1 aromatic carbocycles. The molecule has 1 aromatic rings. The summed E-state index contributed by atoms with van der Waals surface area (Å²) in [7, 11) is 0. The monoisotopic (exact) mass is 306 g/mol. The summed E-state index contributed by atoms with van der Waals surface area (Å²) in [5, 5.41) is 39.0. The van der Waals surface area contributed by atoms with Gasteiger partial charge in [0.05, 0.1) is 11.1 Å². The summed E-state index contributed by atoms with van der Waals surface area (Å²) in [6, 6.07) is 0. The summed E-state index contributed by atoms with van der Waals surface area (Å²) >= 11 is 0. The molecule has 0 aromatic heterocycles. The van der Waals surface area contributed by atoms with Gasteiger partial charge in [0.25, 0.3) is 0 Å². The van der Waals surface area contributed by atoms with Gasteiger partial charge in [-0.1, -0.05) is 6.58 Å². The second kappa shape index (κ2) is 4.69. The normalized spacial score (nSPS) is 16.5. The van der Waals surface area contributed by atoms with Gasteiger partial charge in [-0.05, 0) is 6.92 Å². The van der Waals surface area contributed by atoms with Gasteiger partial charge < -0.3 is 20.4 Å². The number of carbonyl (C=O) groups is 4. The van der Waals surface area contributed by atoms with Gasteiger partial charge in [0.2, 0.25) is 23.1 Å². The Morgan fingerprint density at radius 2 is 1.14 bits per heavy atom. The third kappa shape index (κ3) is 1.77. The number of rotatable bonds is 1. The topological polar surface area (TPSA) is 149 Å². The Morgan fingerprint density at radius 3 is 1.50 bits per heavy atom. The third-order valence-corrected chi connectivity index (χ3v) is 3.48. The molecule has 0 radical (unpaired) electrons. The van der Waals surface area contributed by atoms with Crippen molar-refractivity contribution in [1.29, 1.82) is 0 Å². The molecule has 1 aliphatic carbocycles. The van der Waals surface area contributed by atoms with Crippen LogP contribution < -0.4 is 0 Å². The zero-order valence-electron chi connectivity index (χ0n) is 11.2. The van der Waals surface area contributed by atoms with E-state index in [4.69, 9.17) is 0 Å². The Morgan fingerprint density at radius 1 is 0.773 bits per heavy atom. The number of phenolic OH excluding ortho intramolecular Hbond substituents is 4. The van der Waals surface area contributed by atoms with Crippen molar-refractivity contribution in [3.05, 3.63) is 23.3 Å². The number of aromatic hydroxyl groups is 4. The molecule has 1 fully saturated rings. The van der Waals surface area contributed by atoms with Gasteiger partial charge in [-0.15, -0.1) is 0 Å². The molecule has 114 valence electrons. The van der Waals surface area contributed by atoms with Crippen molar-refractivity contribution in [1.82, 2.24) is 0 Å². The smallest absolute Gasteiger partial charge is 0.233 e. The van der Waals surface area contributed by atoms with Crippen LogP contribution in [-0.2, 0) is 19.2 Å². The fraction of sp³-hybridized carbons (Fsp3) is 0.143. The van der Waals surface area contributed by atoms with E-state index >= 15 is 0 Å². The van der Waals surface area contributed by atoms with Crippen LogP contribution in [0.1, 0.15) is 17.0 Å². The van der Waals surface area contributed by atoms with Crippen molar-refractivity contribution in [3.63, 3.8) is 0 Å². The van der Waals surface area contributed by atoms with Crippen LogP contribution in [0.5, 0.6) is 23.0 Å². The number of benzene rings is 1. The van der Waals surface area contributed by atoms with E-state index in [-0.39, 0.29) is 5.56 Å². The molecule has 0 unspecified atom stereocenters. The highest BCUT2D eigenvalue weighted by atomic mass is 16.3. The van der Waals surface area contributed by atoms with Crippen LogP contribution in [0.3, 0.4) is 0 Å². The van der Waals surface area contributed by atoms with Crippen molar-refractivity contribution in [2.45, 2.75) is 12.8 Å². The van der Waals surface area contributed by atoms with Crippen molar-refractivity contribution in [2.75, 3.05) is 0 Å². The van der Waals surface area contributed by atoms with Gasteiger partial charge in [0, 0.05) is 5.56 Å². The standard InChI is InChI=1S/C14H10O8/c1-3-7(15)11(19)5(12(20)8(3)16)6-13(21)9(17)4(2)10(18)14(6)22/h5,17-18,21-22H,1H2,2H3. The molecular weight excluding hydrogens is 296 g/mol. The van der Waals surface area contributed by atoms with E-state index in [1.54, 1.807) is 0 Å². The van der Waals surface area contributed by atoms with Crippen LogP contribution in [-0.4, -0.2) is 43.6 Å². The molecule has 0 aliphatic heterocycles. The lowest BCUT2D eigenvalue weighted by atomic mass is 9.77. The maximum absolute atomic E-state index is 11.9. The van der Waals surface area contributed by atoms with Crippen molar-refractivity contribution < 1.29 is 39.6 Å². The molecule has 0 amide bonds. The van der Waals surface area contributed by atoms with Gasteiger partial charge in [-0.2, -0.15) is 0 Å². The van der Waals surface area contributed by atoms with Gasteiger partial charge in [0.1, 0.15) is 5.92 Å². The Labute approximate surface area is 122 Å². The Hall–Kier alpha value is -3.16. The van der Waals surface area contributed by atoms with E-state index in [9.17, 15) is 39.6 Å². The number of allylic oxidation sites excluding steroid dienone is 1. The molecule has 1 aliphatic rings. The van der Waals surface area contributed by atoms with E-state index in [2.05, 4.69) is 6.58 Å². The quantitative estimate of drug-likeness (QED) is 0.138. The van der Waals surface area contributed by atoms with Gasteiger partial charge >= 0.3 is 0 Å². The lowest BCUT2D eigenvalue weighted by Crippen LogP contribution is -2.42. The first kappa shape index (κ1) is 15.2. The fourth-order valence-electron chi connectivity index (χ4n) is 2.15. The van der Waals surface area contributed by atoms with Gasteiger partial charge in [0.15, 0.2) is 23.0 Å². The summed E-state index contributed by atoms with van der Waals surface area (Å²) in [5.41, 5.74) is -2.02. The average Bonchev–Trinajstić information content (AvgIpc) is 2.50. The number of Topliss-reactive ketones (excluding diaryl/α,β-unsaturated/α-hetero) is 4. The second-order valence-corrected chi connectivity index (χ2v) is 4.73. The SMILES string of the molecule is C=C1C(=O)C(=O)C(c2c(O)c(O)c(C)c(O)c2O)C(=O)C1=O. The molecule has 8 heteroatoms. The highest BCUT2D eigenvalue weighted by Gasteiger charge is 2.48. The number of phenols is 4. The summed E-state index contributed by atoms with van der Waals surface area (Å²) in [6.07, 6.45) is 0. The van der Waals surface area contributed by atoms with Crippen LogP contribution >= 0.6 is 0 Å². The predicted octanol–water partition coefficient (Wildman–Crippen LogP) is -0.253. The predicted molar refractivity (Wildman–Crippen MR) is 69.7 cm³/mol. The van der Waals surface area contributed by atoms with Gasteiger partial charge in [-0.25, -0.2) is 0 Å². The molecule has 0 heterocycles. The number of hydrogen-bond donors (Lipinski definition) is 4. The summed E-state index contributed by atoms with van der Waals surface area (Å²) in [6.45, 7) is 4.18. The minimum absolute atomic E-state index is 0.309. The van der Waals surface area contributed by atoms with Crippen LogP contribution in [0.25, 0.3) is 0 Å². The zero-order valence-corrected chi connectivity index (χ0v) is 11.2. The molecule has 4 N–H and O–H groups in total. The van der Waals surface area contributed by atoms with E-state index in [1.807, 2.05) is 0 Å². The van der Waals surface area contributed by atoms with E-state index in [0.29, 0.717) is 0 Å². The minimum atomic E-state index is -2.15. The van der Waals surface area contributed by atoms with Crippen molar-refractivity contribution >= 4 is 23.1 Å². The molecule has 0 bridgehead atoms.